The van der Waals surface area contributed by atoms with Crippen LogP contribution in [0.15, 0.2) is 54.6 Å². The molecule has 0 spiro atoms. The summed E-state index contributed by atoms with van der Waals surface area (Å²) >= 11 is 0. The lowest BCUT2D eigenvalue weighted by Gasteiger charge is -2.37. The number of hydrogen-bond donors (Lipinski definition) is 0. The van der Waals surface area contributed by atoms with Crippen LogP contribution in [-0.4, -0.2) is 47.0 Å². The third-order valence-corrected chi connectivity index (χ3v) is 6.59. The van der Waals surface area contributed by atoms with E-state index in [0.717, 1.165) is 41.6 Å². The van der Waals surface area contributed by atoms with Crippen LogP contribution in [0.2, 0.25) is 0 Å². The molecule has 0 aliphatic carbocycles. The van der Waals surface area contributed by atoms with E-state index >= 15 is 0 Å². The summed E-state index contributed by atoms with van der Waals surface area (Å²) in [4.78, 5) is 27.3. The fourth-order valence-corrected chi connectivity index (χ4v) is 4.62. The van der Waals surface area contributed by atoms with E-state index in [9.17, 15) is 4.79 Å². The Morgan fingerprint density at radius 3 is 2.06 bits per heavy atom. The summed E-state index contributed by atoms with van der Waals surface area (Å²) in [5.74, 6) is 2.19. The Morgan fingerprint density at radius 2 is 1.50 bits per heavy atom. The molecule has 1 saturated heterocycles. The van der Waals surface area contributed by atoms with Gasteiger partial charge in [0.1, 0.15) is 5.82 Å². The van der Waals surface area contributed by atoms with Crippen LogP contribution in [0.1, 0.15) is 67.7 Å². The molecule has 1 aliphatic rings. The van der Waals surface area contributed by atoms with Gasteiger partial charge < -0.3 is 9.80 Å². The molecule has 4 rings (SSSR count). The predicted octanol–water partition coefficient (Wildman–Crippen LogP) is 5.84. The van der Waals surface area contributed by atoms with Gasteiger partial charge in [-0.3, -0.25) is 4.79 Å². The van der Waals surface area contributed by atoms with Crippen molar-refractivity contribution in [2.24, 2.45) is 0 Å². The first kappa shape index (κ1) is 23.9. The Balaban J connectivity index is 1.53. The average molecular weight is 457 g/mol. The Hall–Kier alpha value is -3.21. The lowest BCUT2D eigenvalue weighted by Crippen LogP contribution is -2.49. The first-order valence-electron chi connectivity index (χ1n) is 12.2. The highest BCUT2D eigenvalue weighted by Crippen LogP contribution is 2.31. The quantitative estimate of drug-likeness (QED) is 0.495. The maximum atomic E-state index is 13.2. The number of carbonyl (C=O) groups excluding carboxylic acids is 1. The van der Waals surface area contributed by atoms with Gasteiger partial charge in [-0.15, -0.1) is 0 Å². The summed E-state index contributed by atoms with van der Waals surface area (Å²) < 4.78 is 0. The summed E-state index contributed by atoms with van der Waals surface area (Å²) in [6.45, 7) is 15.9. The average Bonchev–Trinajstić information content (AvgIpc) is 2.83. The molecule has 0 radical (unpaired) electrons. The van der Waals surface area contributed by atoms with Crippen molar-refractivity contribution in [2.45, 2.75) is 52.9 Å². The largest absolute Gasteiger partial charge is 0.353 e. The van der Waals surface area contributed by atoms with Gasteiger partial charge in [0.25, 0.3) is 5.91 Å². The van der Waals surface area contributed by atoms with E-state index in [1.54, 1.807) is 0 Å². The van der Waals surface area contributed by atoms with Crippen LogP contribution in [0.25, 0.3) is 11.4 Å². The zero-order valence-electron chi connectivity index (χ0n) is 21.3. The molecular formula is C29H36N4O. The molecule has 3 aromatic rings. The molecule has 2 heterocycles. The lowest BCUT2D eigenvalue weighted by atomic mass is 9.86. The van der Waals surface area contributed by atoms with Gasteiger partial charge in [-0.2, -0.15) is 0 Å². The van der Waals surface area contributed by atoms with Crippen molar-refractivity contribution in [1.82, 2.24) is 14.9 Å². The minimum Gasteiger partial charge on any atom is -0.353 e. The molecule has 0 N–H and O–H groups in total. The van der Waals surface area contributed by atoms with E-state index in [1.165, 1.54) is 11.1 Å². The summed E-state index contributed by atoms with van der Waals surface area (Å²) in [5, 5.41) is 0. The Labute approximate surface area is 203 Å². The second-order valence-electron chi connectivity index (χ2n) is 10.5. The molecule has 34 heavy (non-hydrogen) atoms. The molecule has 1 aromatic heterocycles. The molecule has 0 saturated carbocycles. The van der Waals surface area contributed by atoms with Gasteiger partial charge in [0, 0.05) is 48.6 Å². The fraction of sp³-hybridized carbons (Fsp3) is 0.414. The van der Waals surface area contributed by atoms with E-state index in [-0.39, 0.29) is 11.3 Å². The smallest absolute Gasteiger partial charge is 0.253 e. The third-order valence-electron chi connectivity index (χ3n) is 6.59. The number of anilines is 1. The molecule has 178 valence electrons. The summed E-state index contributed by atoms with van der Waals surface area (Å²) in [6, 6.07) is 18.2. The Kier molecular flexibility index (Phi) is 6.74. The lowest BCUT2D eigenvalue weighted by molar-refractivity contribution is 0.0746. The number of amides is 1. The van der Waals surface area contributed by atoms with Gasteiger partial charge in [-0.25, -0.2) is 9.97 Å². The van der Waals surface area contributed by atoms with E-state index in [2.05, 4.69) is 70.7 Å². The molecule has 5 nitrogen and oxygen atoms in total. The zero-order valence-corrected chi connectivity index (χ0v) is 21.3. The minimum absolute atomic E-state index is 0.0790. The normalized spacial score (nSPS) is 14.6. The van der Waals surface area contributed by atoms with Crippen molar-refractivity contribution in [3.05, 3.63) is 77.0 Å². The number of hydrogen-bond acceptors (Lipinski definition) is 4. The SMILES string of the molecule is Cc1nc(-c2ccccc2)nc(N2CCN(C(=O)c3ccc(C(C)(C)C)cc3)CC2)c1C(C)C. The van der Waals surface area contributed by atoms with Crippen molar-refractivity contribution in [3.8, 4) is 11.4 Å². The van der Waals surface area contributed by atoms with E-state index in [0.29, 0.717) is 19.0 Å². The molecule has 0 bridgehead atoms. The van der Waals surface area contributed by atoms with Crippen molar-refractivity contribution >= 4 is 11.7 Å². The molecule has 1 fully saturated rings. The van der Waals surface area contributed by atoms with Crippen LogP contribution in [-0.2, 0) is 5.41 Å². The second-order valence-corrected chi connectivity index (χ2v) is 10.5. The van der Waals surface area contributed by atoms with E-state index in [4.69, 9.17) is 9.97 Å². The standard InChI is InChI=1S/C29H36N4O/c1-20(2)25-21(3)30-26(22-10-8-7-9-11-22)31-27(25)32-16-18-33(19-17-32)28(34)23-12-14-24(15-13-23)29(4,5)6/h7-15,20H,16-19H2,1-6H3. The van der Waals surface area contributed by atoms with Crippen molar-refractivity contribution in [1.29, 1.82) is 0 Å². The molecular weight excluding hydrogens is 420 g/mol. The number of rotatable bonds is 4. The van der Waals surface area contributed by atoms with Crippen LogP contribution in [0.3, 0.4) is 0 Å². The fourth-order valence-electron chi connectivity index (χ4n) is 4.62. The molecule has 5 heteroatoms. The van der Waals surface area contributed by atoms with Gasteiger partial charge in [-0.1, -0.05) is 77.1 Å². The summed E-state index contributed by atoms with van der Waals surface area (Å²) in [7, 11) is 0. The monoisotopic (exact) mass is 456 g/mol. The zero-order chi connectivity index (χ0) is 24.5. The molecule has 1 amide bonds. The highest BCUT2D eigenvalue weighted by molar-refractivity contribution is 5.94. The van der Waals surface area contributed by atoms with Crippen LogP contribution in [0.5, 0.6) is 0 Å². The minimum atomic E-state index is 0.0790. The number of nitrogens with zero attached hydrogens (tertiary/aromatic N) is 4. The highest BCUT2D eigenvalue weighted by Gasteiger charge is 2.27. The number of carbonyl (C=O) groups is 1. The first-order chi connectivity index (χ1) is 16.1. The van der Waals surface area contributed by atoms with Crippen LogP contribution in [0, 0.1) is 6.92 Å². The van der Waals surface area contributed by atoms with Crippen molar-refractivity contribution in [3.63, 3.8) is 0 Å². The van der Waals surface area contributed by atoms with Crippen LogP contribution in [0.4, 0.5) is 5.82 Å². The second kappa shape index (κ2) is 9.57. The molecule has 1 aliphatic heterocycles. The van der Waals surface area contributed by atoms with E-state index in [1.807, 2.05) is 35.2 Å². The number of benzene rings is 2. The van der Waals surface area contributed by atoms with Gasteiger partial charge in [0.05, 0.1) is 0 Å². The van der Waals surface area contributed by atoms with E-state index < -0.39 is 0 Å². The van der Waals surface area contributed by atoms with Crippen LogP contribution < -0.4 is 4.90 Å². The molecule has 0 unspecified atom stereocenters. The number of aryl methyl sites for hydroxylation is 1. The van der Waals surface area contributed by atoms with Gasteiger partial charge in [0.15, 0.2) is 5.82 Å². The van der Waals surface area contributed by atoms with Gasteiger partial charge in [0.2, 0.25) is 0 Å². The highest BCUT2D eigenvalue weighted by atomic mass is 16.2. The predicted molar refractivity (Wildman–Crippen MR) is 140 cm³/mol. The topological polar surface area (TPSA) is 49.3 Å². The van der Waals surface area contributed by atoms with Crippen molar-refractivity contribution < 1.29 is 4.79 Å². The summed E-state index contributed by atoms with van der Waals surface area (Å²) in [5.41, 5.74) is 5.32. The molecule has 2 aromatic carbocycles. The maximum absolute atomic E-state index is 13.2. The van der Waals surface area contributed by atoms with Gasteiger partial charge in [-0.05, 0) is 36.0 Å². The Bertz CT molecular complexity index is 1140. The number of piperazine rings is 1. The third kappa shape index (κ3) is 4.98. The van der Waals surface area contributed by atoms with Crippen LogP contribution >= 0.6 is 0 Å². The Morgan fingerprint density at radius 1 is 0.882 bits per heavy atom. The first-order valence-corrected chi connectivity index (χ1v) is 12.2. The van der Waals surface area contributed by atoms with Gasteiger partial charge >= 0.3 is 0 Å². The number of aromatic nitrogens is 2. The maximum Gasteiger partial charge on any atom is 0.253 e. The summed E-state index contributed by atoms with van der Waals surface area (Å²) in [6.07, 6.45) is 0. The molecule has 0 atom stereocenters. The van der Waals surface area contributed by atoms with Crippen molar-refractivity contribution in [2.75, 3.05) is 31.1 Å².